The standard InChI is InChI=1S/C17H19NO/c19-13-14-11-18(12-14)17(15-7-3-1-4-8-15)16-9-5-2-6-10-16/h1-10,14,17,19H,11-13H2/p+1. The lowest BCUT2D eigenvalue weighted by Crippen LogP contribution is -3.20. The molecule has 1 aliphatic rings. The van der Waals surface area contributed by atoms with Gasteiger partial charge in [-0.2, -0.15) is 0 Å². The first-order valence-corrected chi connectivity index (χ1v) is 6.94. The summed E-state index contributed by atoms with van der Waals surface area (Å²) in [5.41, 5.74) is 2.72. The monoisotopic (exact) mass is 254 g/mol. The molecule has 0 saturated carbocycles. The average molecular weight is 254 g/mol. The van der Waals surface area contributed by atoms with E-state index in [1.165, 1.54) is 11.1 Å². The van der Waals surface area contributed by atoms with Crippen molar-refractivity contribution in [2.45, 2.75) is 6.04 Å². The molecule has 19 heavy (non-hydrogen) atoms. The van der Waals surface area contributed by atoms with Crippen LogP contribution in [0.3, 0.4) is 0 Å². The smallest absolute Gasteiger partial charge is 0.139 e. The fourth-order valence-electron chi connectivity index (χ4n) is 3.00. The Morgan fingerprint density at radius 2 is 1.37 bits per heavy atom. The molecule has 2 nitrogen and oxygen atoms in total. The van der Waals surface area contributed by atoms with Gasteiger partial charge in [0.15, 0.2) is 0 Å². The molecule has 2 N–H and O–H groups in total. The van der Waals surface area contributed by atoms with Crippen LogP contribution in [0.15, 0.2) is 60.7 Å². The van der Waals surface area contributed by atoms with Gasteiger partial charge in [0.25, 0.3) is 0 Å². The van der Waals surface area contributed by atoms with Crippen molar-refractivity contribution in [2.75, 3.05) is 19.7 Å². The van der Waals surface area contributed by atoms with E-state index >= 15 is 0 Å². The Morgan fingerprint density at radius 3 is 1.79 bits per heavy atom. The van der Waals surface area contributed by atoms with Crippen molar-refractivity contribution in [3.05, 3.63) is 71.8 Å². The molecular formula is C17H20NO+. The van der Waals surface area contributed by atoms with E-state index in [1.54, 1.807) is 4.90 Å². The Morgan fingerprint density at radius 1 is 0.895 bits per heavy atom. The molecule has 0 aromatic heterocycles. The highest BCUT2D eigenvalue weighted by Crippen LogP contribution is 2.20. The van der Waals surface area contributed by atoms with Crippen molar-refractivity contribution in [3.63, 3.8) is 0 Å². The Balaban J connectivity index is 1.89. The van der Waals surface area contributed by atoms with E-state index in [-0.39, 0.29) is 0 Å². The molecule has 1 fully saturated rings. The molecule has 0 unspecified atom stereocenters. The van der Waals surface area contributed by atoms with Crippen LogP contribution < -0.4 is 4.90 Å². The normalized spacial score (nSPS) is 22.2. The van der Waals surface area contributed by atoms with Crippen LogP contribution in [-0.4, -0.2) is 24.8 Å². The van der Waals surface area contributed by atoms with Gasteiger partial charge < -0.3 is 10.0 Å². The maximum absolute atomic E-state index is 9.21. The third-order valence-corrected chi connectivity index (χ3v) is 4.03. The topological polar surface area (TPSA) is 24.7 Å². The molecule has 2 aromatic carbocycles. The number of hydrogen-bond donors (Lipinski definition) is 2. The molecule has 3 rings (SSSR count). The van der Waals surface area contributed by atoms with E-state index in [2.05, 4.69) is 60.7 Å². The van der Waals surface area contributed by atoms with Crippen LogP contribution in [0, 0.1) is 5.92 Å². The quantitative estimate of drug-likeness (QED) is 0.844. The second kappa shape index (κ2) is 5.55. The van der Waals surface area contributed by atoms with Crippen LogP contribution in [0.25, 0.3) is 0 Å². The van der Waals surface area contributed by atoms with E-state index < -0.39 is 0 Å². The Kier molecular flexibility index (Phi) is 3.62. The van der Waals surface area contributed by atoms with Crippen LogP contribution in [0.2, 0.25) is 0 Å². The third kappa shape index (κ3) is 2.55. The number of rotatable bonds is 4. The van der Waals surface area contributed by atoms with Crippen LogP contribution >= 0.6 is 0 Å². The fourth-order valence-corrected chi connectivity index (χ4v) is 3.00. The van der Waals surface area contributed by atoms with E-state index in [9.17, 15) is 5.11 Å². The van der Waals surface area contributed by atoms with E-state index in [0.29, 0.717) is 18.6 Å². The summed E-state index contributed by atoms with van der Waals surface area (Å²) in [6.07, 6.45) is 0. The van der Waals surface area contributed by atoms with Crippen molar-refractivity contribution < 1.29 is 10.0 Å². The lowest BCUT2D eigenvalue weighted by Gasteiger charge is -2.40. The minimum atomic E-state index is 0.319. The largest absolute Gasteiger partial charge is 0.396 e. The summed E-state index contributed by atoms with van der Waals surface area (Å²) in [5.74, 6) is 0.477. The SMILES string of the molecule is OCC1C[NH+](C(c2ccccc2)c2ccccc2)C1. The molecular weight excluding hydrogens is 234 g/mol. The third-order valence-electron chi connectivity index (χ3n) is 4.03. The maximum Gasteiger partial charge on any atom is 0.139 e. The number of nitrogens with one attached hydrogen (secondary N) is 1. The predicted molar refractivity (Wildman–Crippen MR) is 76.0 cm³/mol. The number of likely N-dealkylation sites (tertiary alicyclic amines) is 1. The summed E-state index contributed by atoms with van der Waals surface area (Å²) in [7, 11) is 0. The van der Waals surface area contributed by atoms with Gasteiger partial charge in [-0.05, 0) is 0 Å². The van der Waals surface area contributed by atoms with Crippen molar-refractivity contribution in [1.82, 2.24) is 0 Å². The van der Waals surface area contributed by atoms with Gasteiger partial charge in [-0.15, -0.1) is 0 Å². The molecule has 1 aliphatic heterocycles. The number of hydrogen-bond acceptors (Lipinski definition) is 1. The molecule has 1 saturated heterocycles. The van der Waals surface area contributed by atoms with Gasteiger partial charge in [0.2, 0.25) is 0 Å². The lowest BCUT2D eigenvalue weighted by molar-refractivity contribution is -0.974. The van der Waals surface area contributed by atoms with Gasteiger partial charge in [-0.3, -0.25) is 0 Å². The first-order chi connectivity index (χ1) is 9.38. The minimum absolute atomic E-state index is 0.319. The molecule has 0 spiro atoms. The van der Waals surface area contributed by atoms with E-state index in [0.717, 1.165) is 13.1 Å². The highest BCUT2D eigenvalue weighted by Gasteiger charge is 2.37. The van der Waals surface area contributed by atoms with Crippen LogP contribution in [0.5, 0.6) is 0 Å². The van der Waals surface area contributed by atoms with Crippen molar-refractivity contribution in [2.24, 2.45) is 5.92 Å². The number of aliphatic hydroxyl groups excluding tert-OH is 1. The minimum Gasteiger partial charge on any atom is -0.396 e. The molecule has 98 valence electrons. The van der Waals surface area contributed by atoms with Crippen LogP contribution in [0.1, 0.15) is 17.2 Å². The zero-order valence-corrected chi connectivity index (χ0v) is 11.0. The van der Waals surface area contributed by atoms with Gasteiger partial charge in [-0.25, -0.2) is 0 Å². The summed E-state index contributed by atoms with van der Waals surface area (Å²) >= 11 is 0. The molecule has 0 bridgehead atoms. The van der Waals surface area contributed by atoms with Crippen molar-refractivity contribution in [1.29, 1.82) is 0 Å². The molecule has 2 aromatic rings. The van der Waals surface area contributed by atoms with Gasteiger partial charge in [0, 0.05) is 11.1 Å². The highest BCUT2D eigenvalue weighted by atomic mass is 16.3. The molecule has 2 heteroatoms. The predicted octanol–water partition coefficient (Wildman–Crippen LogP) is 1.28. The fraction of sp³-hybridized carbons (Fsp3) is 0.294. The number of benzene rings is 2. The summed E-state index contributed by atoms with van der Waals surface area (Å²) in [6, 6.07) is 21.8. The van der Waals surface area contributed by atoms with Crippen LogP contribution in [-0.2, 0) is 0 Å². The zero-order valence-electron chi connectivity index (χ0n) is 11.0. The summed E-state index contributed by atoms with van der Waals surface area (Å²) in [4.78, 5) is 1.55. The van der Waals surface area contributed by atoms with Crippen LogP contribution in [0.4, 0.5) is 0 Å². The Hall–Kier alpha value is -1.64. The molecule has 1 heterocycles. The average Bonchev–Trinajstić information content (AvgIpc) is 2.44. The second-order valence-electron chi connectivity index (χ2n) is 5.37. The van der Waals surface area contributed by atoms with E-state index in [4.69, 9.17) is 0 Å². The Labute approximate surface area is 114 Å². The second-order valence-corrected chi connectivity index (χ2v) is 5.37. The lowest BCUT2D eigenvalue weighted by atomic mass is 9.91. The summed E-state index contributed by atoms with van der Waals surface area (Å²) in [5, 5.41) is 9.21. The zero-order chi connectivity index (χ0) is 13.1. The van der Waals surface area contributed by atoms with Crippen molar-refractivity contribution >= 4 is 0 Å². The van der Waals surface area contributed by atoms with Crippen molar-refractivity contribution in [3.8, 4) is 0 Å². The van der Waals surface area contributed by atoms with E-state index in [1.807, 2.05) is 0 Å². The highest BCUT2D eigenvalue weighted by molar-refractivity contribution is 5.29. The molecule has 0 radical (unpaired) electrons. The maximum atomic E-state index is 9.21. The Bertz CT molecular complexity index is 466. The molecule has 0 atom stereocenters. The van der Waals surface area contributed by atoms with Gasteiger partial charge in [-0.1, -0.05) is 60.7 Å². The molecule has 0 aliphatic carbocycles. The number of aliphatic hydroxyl groups is 1. The summed E-state index contributed by atoms with van der Waals surface area (Å²) in [6.45, 7) is 2.44. The summed E-state index contributed by atoms with van der Waals surface area (Å²) < 4.78 is 0. The first-order valence-electron chi connectivity index (χ1n) is 6.94. The van der Waals surface area contributed by atoms with Gasteiger partial charge in [0.1, 0.15) is 6.04 Å². The number of quaternary nitrogens is 1. The van der Waals surface area contributed by atoms with Gasteiger partial charge in [0.05, 0.1) is 25.6 Å². The first kappa shape index (κ1) is 12.4. The molecule has 0 amide bonds. The van der Waals surface area contributed by atoms with Gasteiger partial charge >= 0.3 is 0 Å².